The number of hydrogen-bond donors (Lipinski definition) is 1. The minimum Gasteiger partial charge on any atom is -0.454 e. The zero-order chi connectivity index (χ0) is 28.2. The lowest BCUT2D eigenvalue weighted by Crippen LogP contribution is -2.41. The quantitative estimate of drug-likeness (QED) is 0.315. The second kappa shape index (κ2) is 11.8. The number of nitrogens with one attached hydrogen (secondary N) is 1. The number of hydrogen-bond acceptors (Lipinski definition) is 6. The lowest BCUT2D eigenvalue weighted by atomic mass is 10.1. The van der Waals surface area contributed by atoms with Crippen molar-refractivity contribution in [3.63, 3.8) is 0 Å². The van der Waals surface area contributed by atoms with Gasteiger partial charge in [-0.1, -0.05) is 41.4 Å². The molecule has 1 aromatic heterocycles. The molecule has 0 aliphatic carbocycles. The maximum absolute atomic E-state index is 13.5. The van der Waals surface area contributed by atoms with Crippen LogP contribution in [0, 0.1) is 6.92 Å². The molecule has 0 saturated heterocycles. The molecule has 1 aliphatic heterocycles. The number of aryl methyl sites for hydroxylation is 1. The average molecular weight is 560 g/mol. The lowest BCUT2D eigenvalue weighted by Gasteiger charge is -2.24. The molecule has 2 amide bonds. The normalized spacial score (nSPS) is 12.0. The van der Waals surface area contributed by atoms with Gasteiger partial charge in [0.25, 0.3) is 5.91 Å². The van der Waals surface area contributed by atoms with Gasteiger partial charge >= 0.3 is 0 Å². The second-order valence-electron chi connectivity index (χ2n) is 9.81. The van der Waals surface area contributed by atoms with E-state index in [1.165, 1.54) is 4.90 Å². The highest BCUT2D eigenvalue weighted by Crippen LogP contribution is 2.33. The predicted molar refractivity (Wildman–Crippen MR) is 154 cm³/mol. The van der Waals surface area contributed by atoms with Crippen LogP contribution in [0.1, 0.15) is 15.9 Å². The summed E-state index contributed by atoms with van der Waals surface area (Å²) in [5.41, 5.74) is 3.91. The number of amides is 2. The zero-order valence-electron chi connectivity index (χ0n) is 22.6. The van der Waals surface area contributed by atoms with Crippen LogP contribution in [-0.2, 0) is 4.79 Å². The van der Waals surface area contributed by atoms with Gasteiger partial charge in [0.15, 0.2) is 11.5 Å². The van der Waals surface area contributed by atoms with E-state index in [0.29, 0.717) is 46.8 Å². The van der Waals surface area contributed by atoms with Crippen LogP contribution in [0.4, 0.5) is 5.95 Å². The number of fused-ring (bicyclic) bond motifs is 1. The standard InChI is InChI=1S/C30H30ClN5O4/c1-20-4-11-24(12-5-20)36-17-25(21-6-9-23(31)10-7-21)32-30(36)33-28(37)18-35(15-14-34(2)3)29(38)22-8-13-26-27(16-22)40-19-39-26/h4-13,16-17H,14-15,18-19H2,1-3H3,(H,32,33,37). The number of benzene rings is 3. The molecule has 1 aliphatic rings. The summed E-state index contributed by atoms with van der Waals surface area (Å²) in [5, 5.41) is 3.55. The SMILES string of the molecule is Cc1ccc(-n2cc(-c3ccc(Cl)cc3)nc2NC(=O)CN(CCN(C)C)C(=O)c2ccc3c(c2)OCO3)cc1. The van der Waals surface area contributed by atoms with E-state index in [1.807, 2.05) is 73.1 Å². The van der Waals surface area contributed by atoms with Gasteiger partial charge in [0.1, 0.15) is 6.54 Å². The summed E-state index contributed by atoms with van der Waals surface area (Å²) in [7, 11) is 3.83. The number of ether oxygens (including phenoxy) is 2. The molecule has 0 spiro atoms. The van der Waals surface area contributed by atoms with Crippen LogP contribution in [0.5, 0.6) is 11.5 Å². The van der Waals surface area contributed by atoms with Crippen molar-refractivity contribution in [3.05, 3.63) is 89.1 Å². The third-order valence-electron chi connectivity index (χ3n) is 6.47. The Labute approximate surface area is 237 Å². The van der Waals surface area contributed by atoms with Crippen LogP contribution in [0.25, 0.3) is 16.9 Å². The van der Waals surface area contributed by atoms with Gasteiger partial charge in [-0.2, -0.15) is 0 Å². The number of carbonyl (C=O) groups is 2. The smallest absolute Gasteiger partial charge is 0.254 e. The summed E-state index contributed by atoms with van der Waals surface area (Å²) in [6.45, 7) is 2.92. The summed E-state index contributed by atoms with van der Waals surface area (Å²) in [5.74, 6) is 0.807. The van der Waals surface area contributed by atoms with E-state index in [0.717, 1.165) is 16.8 Å². The first-order valence-electron chi connectivity index (χ1n) is 12.8. The predicted octanol–water partition coefficient (Wildman–Crippen LogP) is 4.87. The highest BCUT2D eigenvalue weighted by molar-refractivity contribution is 6.30. The van der Waals surface area contributed by atoms with Gasteiger partial charge in [0, 0.05) is 41.1 Å². The maximum Gasteiger partial charge on any atom is 0.254 e. The number of halogens is 1. The topological polar surface area (TPSA) is 88.9 Å². The van der Waals surface area contributed by atoms with Crippen molar-refractivity contribution in [2.24, 2.45) is 0 Å². The third-order valence-corrected chi connectivity index (χ3v) is 6.72. The Morgan fingerprint density at radius 1 is 0.975 bits per heavy atom. The molecule has 3 aromatic carbocycles. The Hall–Kier alpha value is -4.34. The minimum atomic E-state index is -0.366. The first-order valence-corrected chi connectivity index (χ1v) is 13.2. The minimum absolute atomic E-state index is 0.116. The average Bonchev–Trinajstić information content (AvgIpc) is 3.58. The van der Waals surface area contributed by atoms with Crippen LogP contribution in [0.3, 0.4) is 0 Å². The van der Waals surface area contributed by atoms with E-state index in [1.54, 1.807) is 30.3 Å². The fourth-order valence-electron chi connectivity index (χ4n) is 4.25. The highest BCUT2D eigenvalue weighted by atomic mass is 35.5. The number of aromatic nitrogens is 2. The molecule has 9 nitrogen and oxygen atoms in total. The molecule has 0 unspecified atom stereocenters. The molecular weight excluding hydrogens is 530 g/mol. The molecule has 5 rings (SSSR count). The molecule has 0 saturated carbocycles. The summed E-state index contributed by atoms with van der Waals surface area (Å²) in [4.78, 5) is 35.1. The number of likely N-dealkylation sites (N-methyl/N-ethyl adjacent to an activating group) is 1. The van der Waals surface area contributed by atoms with Crippen LogP contribution < -0.4 is 14.8 Å². The van der Waals surface area contributed by atoms with Crippen molar-refractivity contribution < 1.29 is 19.1 Å². The van der Waals surface area contributed by atoms with E-state index >= 15 is 0 Å². The Morgan fingerprint density at radius 3 is 2.42 bits per heavy atom. The summed E-state index contributed by atoms with van der Waals surface area (Å²) in [6.07, 6.45) is 1.87. The molecule has 2 heterocycles. The van der Waals surface area contributed by atoms with E-state index in [-0.39, 0.29) is 25.2 Å². The maximum atomic E-state index is 13.5. The Kier molecular flexibility index (Phi) is 8.04. The van der Waals surface area contributed by atoms with Crippen molar-refractivity contribution in [2.75, 3.05) is 45.8 Å². The fraction of sp³-hybridized carbons (Fsp3) is 0.233. The Bertz CT molecular complexity index is 1520. The second-order valence-corrected chi connectivity index (χ2v) is 10.2. The van der Waals surface area contributed by atoms with Crippen molar-refractivity contribution in [1.29, 1.82) is 0 Å². The van der Waals surface area contributed by atoms with E-state index in [4.69, 9.17) is 26.1 Å². The molecule has 0 radical (unpaired) electrons. The van der Waals surface area contributed by atoms with Crippen molar-refractivity contribution in [1.82, 2.24) is 19.4 Å². The molecule has 40 heavy (non-hydrogen) atoms. The van der Waals surface area contributed by atoms with Gasteiger partial charge < -0.3 is 19.3 Å². The largest absolute Gasteiger partial charge is 0.454 e. The summed E-state index contributed by atoms with van der Waals surface area (Å²) < 4.78 is 12.6. The first-order chi connectivity index (χ1) is 19.3. The number of nitrogens with zero attached hydrogens (tertiary/aromatic N) is 4. The van der Waals surface area contributed by atoms with Gasteiger partial charge in [0.2, 0.25) is 18.6 Å². The Morgan fingerprint density at radius 2 is 1.70 bits per heavy atom. The van der Waals surface area contributed by atoms with Crippen molar-refractivity contribution >= 4 is 29.4 Å². The number of carbonyl (C=O) groups excluding carboxylic acids is 2. The molecule has 1 N–H and O–H groups in total. The molecule has 10 heteroatoms. The van der Waals surface area contributed by atoms with E-state index in [9.17, 15) is 9.59 Å². The molecule has 0 bridgehead atoms. The first kappa shape index (κ1) is 27.2. The van der Waals surface area contributed by atoms with Crippen LogP contribution in [0.2, 0.25) is 5.02 Å². The van der Waals surface area contributed by atoms with Crippen LogP contribution in [0.15, 0.2) is 72.9 Å². The van der Waals surface area contributed by atoms with E-state index in [2.05, 4.69) is 5.32 Å². The number of anilines is 1. The van der Waals surface area contributed by atoms with Crippen molar-refractivity contribution in [2.45, 2.75) is 6.92 Å². The van der Waals surface area contributed by atoms with Gasteiger partial charge in [-0.05, 0) is 63.5 Å². The van der Waals surface area contributed by atoms with Crippen LogP contribution >= 0.6 is 11.6 Å². The van der Waals surface area contributed by atoms with E-state index < -0.39 is 0 Å². The molecule has 206 valence electrons. The fourth-order valence-corrected chi connectivity index (χ4v) is 4.38. The lowest BCUT2D eigenvalue weighted by molar-refractivity contribution is -0.117. The zero-order valence-corrected chi connectivity index (χ0v) is 23.3. The molecule has 4 aromatic rings. The Balaban J connectivity index is 1.40. The highest BCUT2D eigenvalue weighted by Gasteiger charge is 2.23. The number of imidazole rings is 1. The molecular formula is C30H30ClN5O4. The van der Waals surface area contributed by atoms with Crippen molar-refractivity contribution in [3.8, 4) is 28.4 Å². The third kappa shape index (κ3) is 6.27. The van der Waals surface area contributed by atoms with Gasteiger partial charge in [-0.15, -0.1) is 0 Å². The summed E-state index contributed by atoms with van der Waals surface area (Å²) in [6, 6.07) is 20.3. The molecule has 0 fully saturated rings. The van der Waals surface area contributed by atoms with Gasteiger partial charge in [0.05, 0.1) is 5.69 Å². The molecule has 0 atom stereocenters. The van der Waals surface area contributed by atoms with Crippen LogP contribution in [-0.4, -0.2) is 71.7 Å². The van der Waals surface area contributed by atoms with Gasteiger partial charge in [-0.3, -0.25) is 19.5 Å². The number of rotatable bonds is 9. The monoisotopic (exact) mass is 559 g/mol. The van der Waals surface area contributed by atoms with Gasteiger partial charge in [-0.25, -0.2) is 4.98 Å². The summed E-state index contributed by atoms with van der Waals surface area (Å²) >= 11 is 6.08.